The third-order valence-corrected chi connectivity index (χ3v) is 5.07. The fourth-order valence-corrected chi connectivity index (χ4v) is 3.70. The van der Waals surface area contributed by atoms with E-state index in [4.69, 9.17) is 10.5 Å². The Labute approximate surface area is 153 Å². The van der Waals surface area contributed by atoms with Crippen LogP contribution in [0.5, 0.6) is 5.75 Å². The molecule has 0 atom stereocenters. The van der Waals surface area contributed by atoms with Gasteiger partial charge >= 0.3 is 0 Å². The van der Waals surface area contributed by atoms with Gasteiger partial charge in [-0.2, -0.15) is 0 Å². The summed E-state index contributed by atoms with van der Waals surface area (Å²) < 4.78 is 5.16. The number of nitrogens with two attached hydrogens (primary N) is 1. The summed E-state index contributed by atoms with van der Waals surface area (Å²) in [4.78, 5) is 21.6. The molecule has 0 aliphatic carbocycles. The van der Waals surface area contributed by atoms with Crippen LogP contribution >= 0.6 is 22.7 Å². The second-order valence-electron chi connectivity index (χ2n) is 5.10. The minimum absolute atomic E-state index is 0.249. The Balaban J connectivity index is 1.70. The summed E-state index contributed by atoms with van der Waals surface area (Å²) >= 11 is 2.75. The molecule has 0 aliphatic rings. The Morgan fingerprint density at radius 2 is 2.20 bits per heavy atom. The van der Waals surface area contributed by atoms with Crippen molar-refractivity contribution >= 4 is 44.9 Å². The molecule has 2 aromatic heterocycles. The molecule has 8 heteroatoms. The zero-order valence-electron chi connectivity index (χ0n) is 13.6. The number of hydrogen-bond donors (Lipinski definition) is 2. The Morgan fingerprint density at radius 3 is 2.92 bits per heavy atom. The van der Waals surface area contributed by atoms with E-state index in [2.05, 4.69) is 15.3 Å². The summed E-state index contributed by atoms with van der Waals surface area (Å²) in [5.41, 5.74) is 8.14. The molecule has 25 heavy (non-hydrogen) atoms. The van der Waals surface area contributed by atoms with E-state index < -0.39 is 0 Å². The number of nitrogens with one attached hydrogen (secondary N) is 1. The molecule has 0 radical (unpaired) electrons. The van der Waals surface area contributed by atoms with Crippen LogP contribution in [0.2, 0.25) is 0 Å². The standard InChI is InChI=1S/C17H16N4O2S2/c1-10-15(13-9-24-16(18)20-13)25-17(19-10)21-14(22)7-6-11-4-3-5-12(8-11)23-2/h3-9H,1-2H3,(H2,18,20)(H,19,21,22)/b7-6+. The highest BCUT2D eigenvalue weighted by molar-refractivity contribution is 7.19. The van der Waals surface area contributed by atoms with E-state index in [0.717, 1.165) is 27.6 Å². The molecule has 0 saturated carbocycles. The van der Waals surface area contributed by atoms with Crippen molar-refractivity contribution in [1.82, 2.24) is 9.97 Å². The van der Waals surface area contributed by atoms with Gasteiger partial charge in [-0.3, -0.25) is 10.1 Å². The maximum absolute atomic E-state index is 12.1. The summed E-state index contributed by atoms with van der Waals surface area (Å²) in [5, 5.41) is 5.69. The van der Waals surface area contributed by atoms with Crippen molar-refractivity contribution in [3.63, 3.8) is 0 Å². The molecule has 2 heterocycles. The number of thiazole rings is 2. The Hall–Kier alpha value is -2.71. The van der Waals surface area contributed by atoms with E-state index in [0.29, 0.717) is 10.3 Å². The van der Waals surface area contributed by atoms with Crippen LogP contribution in [0.1, 0.15) is 11.3 Å². The minimum atomic E-state index is -0.249. The van der Waals surface area contributed by atoms with Gasteiger partial charge in [-0.1, -0.05) is 23.5 Å². The Bertz CT molecular complexity index is 930. The molecule has 3 N–H and O–H groups in total. The third-order valence-electron chi connectivity index (χ3n) is 3.30. The summed E-state index contributed by atoms with van der Waals surface area (Å²) in [6.07, 6.45) is 3.19. The lowest BCUT2D eigenvalue weighted by Gasteiger charge is -2.00. The SMILES string of the molecule is COc1cccc(/C=C/C(=O)Nc2nc(C)c(-c3csc(N)n3)s2)c1. The molecule has 1 aromatic carbocycles. The van der Waals surface area contributed by atoms with E-state index in [1.54, 1.807) is 13.2 Å². The Morgan fingerprint density at radius 1 is 1.36 bits per heavy atom. The average molecular weight is 372 g/mol. The molecule has 0 spiro atoms. The fourth-order valence-electron chi connectivity index (χ4n) is 2.14. The van der Waals surface area contributed by atoms with Crippen LogP contribution in [0.4, 0.5) is 10.3 Å². The van der Waals surface area contributed by atoms with E-state index in [9.17, 15) is 4.79 Å². The van der Waals surface area contributed by atoms with Crippen molar-refractivity contribution < 1.29 is 9.53 Å². The highest BCUT2D eigenvalue weighted by Crippen LogP contribution is 2.33. The first-order valence-electron chi connectivity index (χ1n) is 7.37. The van der Waals surface area contributed by atoms with Gasteiger partial charge < -0.3 is 10.5 Å². The van der Waals surface area contributed by atoms with Crippen LogP contribution < -0.4 is 15.8 Å². The zero-order valence-corrected chi connectivity index (χ0v) is 15.3. The van der Waals surface area contributed by atoms with Crippen LogP contribution in [-0.2, 0) is 4.79 Å². The molecular weight excluding hydrogens is 356 g/mol. The van der Waals surface area contributed by atoms with Gasteiger partial charge in [0, 0.05) is 11.5 Å². The van der Waals surface area contributed by atoms with Gasteiger partial charge in [0.05, 0.1) is 23.4 Å². The number of rotatable bonds is 5. The minimum Gasteiger partial charge on any atom is -0.497 e. The number of methoxy groups -OCH3 is 1. The quantitative estimate of drug-likeness (QED) is 0.665. The van der Waals surface area contributed by atoms with Gasteiger partial charge in [0.15, 0.2) is 10.3 Å². The zero-order chi connectivity index (χ0) is 17.8. The maximum atomic E-state index is 12.1. The molecule has 0 aliphatic heterocycles. The second-order valence-corrected chi connectivity index (χ2v) is 6.99. The highest BCUT2D eigenvalue weighted by Gasteiger charge is 2.13. The topological polar surface area (TPSA) is 90.1 Å². The first kappa shape index (κ1) is 17.1. The molecule has 1 amide bonds. The predicted molar refractivity (Wildman–Crippen MR) is 103 cm³/mol. The number of aromatic nitrogens is 2. The molecular formula is C17H16N4O2S2. The van der Waals surface area contributed by atoms with Crippen LogP contribution in [0, 0.1) is 6.92 Å². The van der Waals surface area contributed by atoms with Gasteiger partial charge in [-0.05, 0) is 30.7 Å². The molecule has 3 rings (SSSR count). The second kappa shape index (κ2) is 7.45. The molecule has 0 saturated heterocycles. The lowest BCUT2D eigenvalue weighted by atomic mass is 10.2. The number of ether oxygens (including phenoxy) is 1. The van der Waals surface area contributed by atoms with E-state index in [1.165, 1.54) is 28.7 Å². The molecule has 128 valence electrons. The molecule has 0 bridgehead atoms. The normalized spacial score (nSPS) is 11.0. The van der Waals surface area contributed by atoms with Crippen molar-refractivity contribution in [3.05, 3.63) is 47.0 Å². The van der Waals surface area contributed by atoms with E-state index in [1.807, 2.05) is 36.6 Å². The van der Waals surface area contributed by atoms with Crippen LogP contribution in [0.25, 0.3) is 16.6 Å². The van der Waals surface area contributed by atoms with Crippen molar-refractivity contribution in [3.8, 4) is 16.3 Å². The Kier molecular flexibility index (Phi) is 5.11. The number of nitrogen functional groups attached to an aromatic ring is 1. The number of anilines is 2. The van der Waals surface area contributed by atoms with Gasteiger partial charge in [0.25, 0.3) is 0 Å². The summed E-state index contributed by atoms with van der Waals surface area (Å²) in [7, 11) is 1.61. The fraction of sp³-hybridized carbons (Fsp3) is 0.118. The van der Waals surface area contributed by atoms with Gasteiger partial charge in [-0.15, -0.1) is 11.3 Å². The average Bonchev–Trinajstić information content (AvgIpc) is 3.18. The van der Waals surface area contributed by atoms with Crippen LogP contribution in [-0.4, -0.2) is 23.0 Å². The van der Waals surface area contributed by atoms with Crippen LogP contribution in [0.15, 0.2) is 35.7 Å². The van der Waals surface area contributed by atoms with Gasteiger partial charge in [0.1, 0.15) is 5.75 Å². The van der Waals surface area contributed by atoms with Crippen molar-refractivity contribution in [1.29, 1.82) is 0 Å². The number of benzene rings is 1. The number of aryl methyl sites for hydroxylation is 1. The van der Waals surface area contributed by atoms with Crippen molar-refractivity contribution in [2.75, 3.05) is 18.2 Å². The lowest BCUT2D eigenvalue weighted by molar-refractivity contribution is -0.111. The molecule has 0 unspecified atom stereocenters. The van der Waals surface area contributed by atoms with Gasteiger partial charge in [0.2, 0.25) is 5.91 Å². The van der Waals surface area contributed by atoms with E-state index >= 15 is 0 Å². The number of hydrogen-bond acceptors (Lipinski definition) is 7. The largest absolute Gasteiger partial charge is 0.497 e. The number of amides is 1. The molecule has 6 nitrogen and oxygen atoms in total. The summed E-state index contributed by atoms with van der Waals surface area (Å²) in [6, 6.07) is 7.46. The summed E-state index contributed by atoms with van der Waals surface area (Å²) in [5.74, 6) is 0.492. The van der Waals surface area contributed by atoms with Gasteiger partial charge in [-0.25, -0.2) is 9.97 Å². The third kappa shape index (κ3) is 4.23. The molecule has 0 fully saturated rings. The monoisotopic (exact) mass is 372 g/mol. The number of nitrogens with zero attached hydrogens (tertiary/aromatic N) is 2. The highest BCUT2D eigenvalue weighted by atomic mass is 32.1. The smallest absolute Gasteiger partial charge is 0.250 e. The predicted octanol–water partition coefficient (Wildman–Crippen LogP) is 3.82. The number of carbonyl (C=O) groups excluding carboxylic acids is 1. The maximum Gasteiger partial charge on any atom is 0.250 e. The first-order chi connectivity index (χ1) is 12.0. The summed E-state index contributed by atoms with van der Waals surface area (Å²) in [6.45, 7) is 1.88. The van der Waals surface area contributed by atoms with E-state index in [-0.39, 0.29) is 5.91 Å². The lowest BCUT2D eigenvalue weighted by Crippen LogP contribution is -2.07. The molecule has 3 aromatic rings. The first-order valence-corrected chi connectivity index (χ1v) is 9.06. The van der Waals surface area contributed by atoms with Crippen molar-refractivity contribution in [2.24, 2.45) is 0 Å². The number of carbonyl (C=O) groups is 1. The van der Waals surface area contributed by atoms with Crippen molar-refractivity contribution in [2.45, 2.75) is 6.92 Å². The van der Waals surface area contributed by atoms with Crippen LogP contribution in [0.3, 0.4) is 0 Å².